The van der Waals surface area contributed by atoms with Gasteiger partial charge in [0.2, 0.25) is 5.91 Å². The molecule has 0 bridgehead atoms. The van der Waals surface area contributed by atoms with Gasteiger partial charge in [-0.1, -0.05) is 17.3 Å². The van der Waals surface area contributed by atoms with Crippen LogP contribution in [0.2, 0.25) is 0 Å². The minimum Gasteiger partial charge on any atom is -0.343 e. The van der Waals surface area contributed by atoms with Crippen molar-refractivity contribution in [2.45, 2.75) is 31.8 Å². The van der Waals surface area contributed by atoms with Crippen molar-refractivity contribution in [1.29, 1.82) is 0 Å². The minimum absolute atomic E-state index is 0. The number of aromatic nitrogens is 3. The Labute approximate surface area is 146 Å². The summed E-state index contributed by atoms with van der Waals surface area (Å²) in [7, 11) is 1.84. The van der Waals surface area contributed by atoms with E-state index in [2.05, 4.69) is 15.6 Å². The zero-order valence-corrected chi connectivity index (χ0v) is 14.5. The zero-order valence-electron chi connectivity index (χ0n) is 13.6. The molecule has 7 nitrogen and oxygen atoms in total. The van der Waals surface area contributed by atoms with Gasteiger partial charge in [0.05, 0.1) is 11.9 Å². The van der Waals surface area contributed by atoms with Crippen molar-refractivity contribution in [1.82, 2.24) is 25.2 Å². The third-order valence-corrected chi connectivity index (χ3v) is 4.42. The highest BCUT2D eigenvalue weighted by Gasteiger charge is 2.21. The Kier molecular flexibility index (Phi) is 6.28. The van der Waals surface area contributed by atoms with Gasteiger partial charge in [-0.05, 0) is 38.1 Å². The Morgan fingerprint density at radius 3 is 2.79 bits per heavy atom. The third-order valence-electron chi connectivity index (χ3n) is 4.42. The molecule has 1 aromatic heterocycles. The molecule has 3 rings (SSSR count). The molecule has 1 saturated heterocycles. The van der Waals surface area contributed by atoms with E-state index in [-0.39, 0.29) is 42.9 Å². The summed E-state index contributed by atoms with van der Waals surface area (Å²) < 4.78 is 1.27. The molecule has 2 aromatic rings. The number of carbonyl (C=O) groups excluding carboxylic acids is 1. The van der Waals surface area contributed by atoms with Crippen LogP contribution in [0.15, 0.2) is 29.1 Å². The SMILES string of the molecule is CN(C(=O)CCn1nnc2ccccc2c1=O)C1CCNCC1.Cl. The molecule has 0 spiro atoms. The molecule has 0 unspecified atom stereocenters. The van der Waals surface area contributed by atoms with Crippen LogP contribution in [-0.4, -0.2) is 52.0 Å². The van der Waals surface area contributed by atoms with E-state index in [1.54, 1.807) is 23.1 Å². The lowest BCUT2D eigenvalue weighted by Gasteiger charge is -2.31. The van der Waals surface area contributed by atoms with E-state index in [1.807, 2.05) is 13.1 Å². The highest BCUT2D eigenvalue weighted by atomic mass is 35.5. The number of nitrogens with zero attached hydrogens (tertiary/aromatic N) is 4. The van der Waals surface area contributed by atoms with E-state index in [4.69, 9.17) is 0 Å². The van der Waals surface area contributed by atoms with Gasteiger partial charge in [-0.25, -0.2) is 4.68 Å². The number of carbonyl (C=O) groups is 1. The van der Waals surface area contributed by atoms with Crippen LogP contribution in [0, 0.1) is 0 Å². The number of amides is 1. The Morgan fingerprint density at radius 2 is 2.04 bits per heavy atom. The number of fused-ring (bicyclic) bond motifs is 1. The molecule has 130 valence electrons. The number of nitrogens with one attached hydrogen (secondary N) is 1. The molecule has 1 N–H and O–H groups in total. The molecule has 1 fully saturated rings. The monoisotopic (exact) mass is 351 g/mol. The van der Waals surface area contributed by atoms with Crippen LogP contribution in [0.3, 0.4) is 0 Å². The number of hydrogen-bond acceptors (Lipinski definition) is 5. The van der Waals surface area contributed by atoms with Gasteiger partial charge in [0.25, 0.3) is 5.56 Å². The van der Waals surface area contributed by atoms with Crippen molar-refractivity contribution < 1.29 is 4.79 Å². The lowest BCUT2D eigenvalue weighted by atomic mass is 10.1. The van der Waals surface area contributed by atoms with E-state index in [9.17, 15) is 9.59 Å². The van der Waals surface area contributed by atoms with E-state index >= 15 is 0 Å². The van der Waals surface area contributed by atoms with Gasteiger partial charge in [-0.2, -0.15) is 0 Å². The minimum atomic E-state index is -0.201. The smallest absolute Gasteiger partial charge is 0.277 e. The molecule has 0 radical (unpaired) electrons. The zero-order chi connectivity index (χ0) is 16.2. The summed E-state index contributed by atoms with van der Waals surface area (Å²) in [5.74, 6) is 0.0405. The van der Waals surface area contributed by atoms with Gasteiger partial charge < -0.3 is 10.2 Å². The van der Waals surface area contributed by atoms with E-state index < -0.39 is 0 Å². The molecule has 2 heterocycles. The number of hydrogen-bond donors (Lipinski definition) is 1. The fourth-order valence-electron chi connectivity index (χ4n) is 2.95. The first-order valence-corrected chi connectivity index (χ1v) is 7.96. The third kappa shape index (κ3) is 3.91. The van der Waals surface area contributed by atoms with Crippen molar-refractivity contribution in [3.8, 4) is 0 Å². The van der Waals surface area contributed by atoms with Crippen LogP contribution >= 0.6 is 12.4 Å². The largest absolute Gasteiger partial charge is 0.343 e. The van der Waals surface area contributed by atoms with Crippen LogP contribution in [0.5, 0.6) is 0 Å². The average molecular weight is 352 g/mol. The second-order valence-corrected chi connectivity index (χ2v) is 5.87. The first-order valence-electron chi connectivity index (χ1n) is 7.96. The Hall–Kier alpha value is -1.99. The standard InChI is InChI=1S/C16H21N5O2.ClH/c1-20(12-6-9-17-10-7-12)15(22)8-11-21-16(23)13-4-2-3-5-14(13)18-19-21;/h2-5,12,17H,6-11H2,1H3;1H. The second kappa shape index (κ2) is 8.21. The molecule has 1 aliphatic heterocycles. The van der Waals surface area contributed by atoms with Gasteiger partial charge in [0.1, 0.15) is 5.52 Å². The molecular formula is C16H22ClN5O2. The highest BCUT2D eigenvalue weighted by molar-refractivity contribution is 5.85. The van der Waals surface area contributed by atoms with Crippen LogP contribution < -0.4 is 10.9 Å². The van der Waals surface area contributed by atoms with Crippen molar-refractivity contribution in [3.63, 3.8) is 0 Å². The average Bonchev–Trinajstić information content (AvgIpc) is 2.61. The number of piperidine rings is 1. The number of halogens is 1. The predicted octanol–water partition coefficient (Wildman–Crippen LogP) is 0.814. The highest BCUT2D eigenvalue weighted by Crippen LogP contribution is 2.11. The maximum Gasteiger partial charge on any atom is 0.277 e. The topological polar surface area (TPSA) is 80.1 Å². The van der Waals surface area contributed by atoms with E-state index in [1.165, 1.54) is 4.68 Å². The summed E-state index contributed by atoms with van der Waals surface area (Å²) in [6, 6.07) is 7.38. The quantitative estimate of drug-likeness (QED) is 0.882. The second-order valence-electron chi connectivity index (χ2n) is 5.87. The van der Waals surface area contributed by atoms with Gasteiger partial charge in [-0.3, -0.25) is 9.59 Å². The lowest BCUT2D eigenvalue weighted by Crippen LogP contribution is -2.44. The summed E-state index contributed by atoms with van der Waals surface area (Å²) in [5, 5.41) is 11.8. The van der Waals surface area contributed by atoms with E-state index in [0.29, 0.717) is 10.9 Å². The van der Waals surface area contributed by atoms with Gasteiger partial charge >= 0.3 is 0 Å². The molecule has 1 aliphatic rings. The van der Waals surface area contributed by atoms with Crippen molar-refractivity contribution in [3.05, 3.63) is 34.6 Å². The first-order chi connectivity index (χ1) is 11.2. The molecule has 24 heavy (non-hydrogen) atoms. The Bertz CT molecular complexity index is 757. The van der Waals surface area contributed by atoms with Gasteiger partial charge in [0.15, 0.2) is 0 Å². The Morgan fingerprint density at radius 1 is 1.33 bits per heavy atom. The van der Waals surface area contributed by atoms with E-state index in [0.717, 1.165) is 25.9 Å². The number of benzene rings is 1. The fourth-order valence-corrected chi connectivity index (χ4v) is 2.95. The van der Waals surface area contributed by atoms with Crippen LogP contribution in [0.1, 0.15) is 19.3 Å². The summed E-state index contributed by atoms with van der Waals surface area (Å²) >= 11 is 0. The number of rotatable bonds is 4. The van der Waals surface area contributed by atoms with Crippen LogP contribution in [-0.2, 0) is 11.3 Å². The predicted molar refractivity (Wildman–Crippen MR) is 94.3 cm³/mol. The maximum atomic E-state index is 12.3. The first kappa shape index (κ1) is 18.4. The molecule has 1 aromatic carbocycles. The van der Waals surface area contributed by atoms with Crippen molar-refractivity contribution in [2.75, 3.05) is 20.1 Å². The molecular weight excluding hydrogens is 330 g/mol. The number of aryl methyl sites for hydroxylation is 1. The van der Waals surface area contributed by atoms with Crippen LogP contribution in [0.25, 0.3) is 10.9 Å². The summed E-state index contributed by atoms with van der Waals surface area (Å²) in [6.07, 6.45) is 2.20. The summed E-state index contributed by atoms with van der Waals surface area (Å²) in [6.45, 7) is 2.14. The normalized spacial score (nSPS) is 15.0. The summed E-state index contributed by atoms with van der Waals surface area (Å²) in [5.41, 5.74) is 0.375. The Balaban J connectivity index is 0.00000208. The van der Waals surface area contributed by atoms with Gasteiger partial charge in [0, 0.05) is 19.5 Å². The molecule has 0 atom stereocenters. The molecule has 1 amide bonds. The molecule has 0 saturated carbocycles. The fraction of sp³-hybridized carbons (Fsp3) is 0.500. The van der Waals surface area contributed by atoms with Crippen molar-refractivity contribution in [2.24, 2.45) is 0 Å². The van der Waals surface area contributed by atoms with Crippen LogP contribution in [0.4, 0.5) is 0 Å². The molecule has 0 aliphatic carbocycles. The lowest BCUT2D eigenvalue weighted by molar-refractivity contribution is -0.132. The maximum absolute atomic E-state index is 12.3. The summed E-state index contributed by atoms with van der Waals surface area (Å²) in [4.78, 5) is 26.5. The van der Waals surface area contributed by atoms with Gasteiger partial charge in [-0.15, -0.1) is 17.5 Å². The molecule has 8 heteroatoms. The van der Waals surface area contributed by atoms with Crippen molar-refractivity contribution >= 4 is 29.2 Å².